The lowest BCUT2D eigenvalue weighted by molar-refractivity contribution is 0.301. The highest BCUT2D eigenvalue weighted by molar-refractivity contribution is 5.92. The molecule has 1 aromatic carbocycles. The van der Waals surface area contributed by atoms with Gasteiger partial charge in [-0.05, 0) is 84.3 Å². The quantitative estimate of drug-likeness (QED) is 0.278. The summed E-state index contributed by atoms with van der Waals surface area (Å²) in [5, 5.41) is 0. The van der Waals surface area contributed by atoms with Crippen LogP contribution in [0.4, 0.5) is 0 Å². The van der Waals surface area contributed by atoms with Crippen molar-refractivity contribution >= 4 is 11.4 Å². The Bertz CT molecular complexity index is 1360. The van der Waals surface area contributed by atoms with Gasteiger partial charge in [0.25, 0.3) is 0 Å². The average molecular weight is 463 g/mol. The first-order chi connectivity index (χ1) is 17.1. The van der Waals surface area contributed by atoms with E-state index in [1.54, 1.807) is 12.3 Å². The van der Waals surface area contributed by atoms with Crippen LogP contribution in [0.2, 0.25) is 0 Å². The Hall–Kier alpha value is -4.30. The van der Waals surface area contributed by atoms with E-state index in [1.165, 1.54) is 11.1 Å². The molecule has 1 aliphatic heterocycles. The fraction of sp³-hybridized carbons (Fsp3) is 0.200. The zero-order chi connectivity index (χ0) is 24.6. The minimum Gasteiger partial charge on any atom is -0.487 e. The lowest BCUT2D eigenvalue weighted by atomic mass is 10.0. The van der Waals surface area contributed by atoms with Gasteiger partial charge in [0.05, 0.1) is 12.2 Å². The van der Waals surface area contributed by atoms with Gasteiger partial charge in [-0.1, -0.05) is 37.8 Å². The van der Waals surface area contributed by atoms with Crippen molar-refractivity contribution in [1.29, 1.82) is 0 Å². The summed E-state index contributed by atoms with van der Waals surface area (Å²) < 4.78 is 8.19. The van der Waals surface area contributed by atoms with Crippen LogP contribution in [0.15, 0.2) is 107 Å². The maximum absolute atomic E-state index is 5.93. The van der Waals surface area contributed by atoms with Gasteiger partial charge in [-0.25, -0.2) is 4.99 Å². The van der Waals surface area contributed by atoms with E-state index in [0.29, 0.717) is 19.0 Å². The molecule has 2 N–H and O–H groups in total. The molecule has 0 amide bonds. The second kappa shape index (κ2) is 11.2. The summed E-state index contributed by atoms with van der Waals surface area (Å²) in [5.74, 6) is 1.24. The number of nitrogens with two attached hydrogens (primary N) is 1. The molecule has 5 nitrogen and oxygen atoms in total. The Labute approximate surface area is 207 Å². The molecule has 0 fully saturated rings. The van der Waals surface area contributed by atoms with Crippen molar-refractivity contribution in [1.82, 2.24) is 9.55 Å². The number of hydrogen-bond acceptors (Lipinski definition) is 4. The molecule has 0 saturated heterocycles. The number of allylic oxidation sites excluding steroid dienone is 4. The molecule has 0 bridgehead atoms. The van der Waals surface area contributed by atoms with Gasteiger partial charge in [0, 0.05) is 23.7 Å². The van der Waals surface area contributed by atoms with Crippen LogP contribution in [0.3, 0.4) is 0 Å². The van der Waals surface area contributed by atoms with E-state index in [-0.39, 0.29) is 0 Å². The number of rotatable bonds is 10. The smallest absolute Gasteiger partial charge is 0.132 e. The molecule has 176 valence electrons. The third kappa shape index (κ3) is 5.80. The zero-order valence-electron chi connectivity index (χ0n) is 20.3. The molecule has 5 heteroatoms. The molecule has 3 heterocycles. The van der Waals surface area contributed by atoms with Crippen molar-refractivity contribution in [3.8, 4) is 17.0 Å². The second-order valence-corrected chi connectivity index (χ2v) is 8.34. The summed E-state index contributed by atoms with van der Waals surface area (Å²) in [7, 11) is 0. The predicted molar refractivity (Wildman–Crippen MR) is 143 cm³/mol. The lowest BCUT2D eigenvalue weighted by Crippen LogP contribution is -2.12. The van der Waals surface area contributed by atoms with Crippen molar-refractivity contribution < 1.29 is 4.74 Å². The van der Waals surface area contributed by atoms with Crippen molar-refractivity contribution in [2.24, 2.45) is 10.7 Å². The van der Waals surface area contributed by atoms with Crippen LogP contribution >= 0.6 is 0 Å². The van der Waals surface area contributed by atoms with Crippen LogP contribution in [-0.2, 0) is 13.2 Å². The third-order valence-corrected chi connectivity index (χ3v) is 5.84. The molecule has 4 rings (SSSR count). The van der Waals surface area contributed by atoms with Crippen LogP contribution < -0.4 is 10.5 Å². The van der Waals surface area contributed by atoms with Crippen LogP contribution in [0.25, 0.3) is 16.8 Å². The number of pyridine rings is 1. The van der Waals surface area contributed by atoms with Crippen LogP contribution in [-0.4, -0.2) is 15.4 Å². The van der Waals surface area contributed by atoms with Gasteiger partial charge >= 0.3 is 0 Å². The van der Waals surface area contributed by atoms with Crippen molar-refractivity contribution in [3.63, 3.8) is 0 Å². The van der Waals surface area contributed by atoms with Crippen molar-refractivity contribution in [2.45, 2.75) is 39.8 Å². The van der Waals surface area contributed by atoms with E-state index >= 15 is 0 Å². The predicted octanol–water partition coefficient (Wildman–Crippen LogP) is 6.45. The topological polar surface area (TPSA) is 65.4 Å². The Balaban J connectivity index is 1.69. The van der Waals surface area contributed by atoms with E-state index in [1.807, 2.05) is 36.4 Å². The van der Waals surface area contributed by atoms with E-state index in [2.05, 4.69) is 70.7 Å². The molecule has 0 radical (unpaired) electrons. The van der Waals surface area contributed by atoms with E-state index < -0.39 is 0 Å². The number of nitrogens with zero attached hydrogens (tertiary/aromatic N) is 3. The second-order valence-electron chi connectivity index (χ2n) is 8.34. The monoisotopic (exact) mass is 462 g/mol. The highest BCUT2D eigenvalue weighted by atomic mass is 16.5. The minimum absolute atomic E-state index is 0.431. The zero-order valence-corrected chi connectivity index (χ0v) is 20.3. The molecule has 0 saturated carbocycles. The van der Waals surface area contributed by atoms with Crippen LogP contribution in [0.1, 0.15) is 38.1 Å². The highest BCUT2D eigenvalue weighted by Gasteiger charge is 2.16. The first-order valence-corrected chi connectivity index (χ1v) is 11.8. The minimum atomic E-state index is 0.431. The van der Waals surface area contributed by atoms with Crippen LogP contribution in [0, 0.1) is 0 Å². The number of hydrogen-bond donors (Lipinski definition) is 1. The van der Waals surface area contributed by atoms with E-state index in [4.69, 9.17) is 10.5 Å². The first kappa shape index (κ1) is 23.8. The Morgan fingerprint density at radius 2 is 1.97 bits per heavy atom. The summed E-state index contributed by atoms with van der Waals surface area (Å²) in [6.07, 6.45) is 7.33. The summed E-state index contributed by atoms with van der Waals surface area (Å²) in [5.41, 5.74) is 19.4. The summed E-state index contributed by atoms with van der Waals surface area (Å²) in [4.78, 5) is 8.78. The summed E-state index contributed by atoms with van der Waals surface area (Å²) in [6.45, 7) is 9.27. The normalized spacial score (nSPS) is 13.2. The standard InChI is InChI=1S/C30H30N4O/c1-4-9-27(22(3)5-2)29-18-17-28(34(29)20-24-11-8-12-30(31)33-24)23-13-15-26(16-14-23)35-21-25-10-6-7-19-32-25/h5-7,10,12-19H,2,4,9,20-21H2,1,3H3,(H2,31,33)/b27-22+. The molecule has 0 atom stereocenters. The van der Waals surface area contributed by atoms with Gasteiger partial charge in [0.2, 0.25) is 0 Å². The fourth-order valence-electron chi connectivity index (χ4n) is 4.05. The van der Waals surface area contributed by atoms with Gasteiger partial charge in [-0.15, -0.1) is 0 Å². The first-order valence-electron chi connectivity index (χ1n) is 11.8. The van der Waals surface area contributed by atoms with Gasteiger partial charge in [-0.3, -0.25) is 4.98 Å². The van der Waals surface area contributed by atoms with Crippen molar-refractivity contribution in [2.75, 3.05) is 0 Å². The number of ether oxygens (including phenoxy) is 1. The SMILES string of the molecule is C=C/C(C)=C(\CCC)c1ccc(-c2ccc(OCc3ccccn3)cc2)n1CC1=C=C=CC(N)=N1. The maximum atomic E-state index is 5.93. The lowest BCUT2D eigenvalue weighted by Gasteiger charge is -2.17. The maximum Gasteiger partial charge on any atom is 0.132 e. The third-order valence-electron chi connectivity index (χ3n) is 5.84. The van der Waals surface area contributed by atoms with Gasteiger partial charge in [0.15, 0.2) is 0 Å². The number of aliphatic imine (C=N–C) groups is 1. The molecular weight excluding hydrogens is 432 g/mol. The summed E-state index contributed by atoms with van der Waals surface area (Å²) >= 11 is 0. The number of amidine groups is 1. The van der Waals surface area contributed by atoms with Gasteiger partial charge in [-0.2, -0.15) is 0 Å². The highest BCUT2D eigenvalue weighted by Crippen LogP contribution is 2.32. The Kier molecular flexibility index (Phi) is 7.64. The molecular formula is C30H30N4O. The Morgan fingerprint density at radius 1 is 1.14 bits per heavy atom. The summed E-state index contributed by atoms with van der Waals surface area (Å²) in [6, 6.07) is 18.3. The largest absolute Gasteiger partial charge is 0.487 e. The Morgan fingerprint density at radius 3 is 2.66 bits per heavy atom. The number of aromatic nitrogens is 2. The molecule has 0 aliphatic carbocycles. The molecule has 2 aromatic heterocycles. The molecule has 3 aromatic rings. The fourth-order valence-corrected chi connectivity index (χ4v) is 4.05. The molecule has 1 aliphatic rings. The van der Waals surface area contributed by atoms with E-state index in [9.17, 15) is 0 Å². The van der Waals surface area contributed by atoms with Crippen molar-refractivity contribution in [3.05, 3.63) is 114 Å². The van der Waals surface area contributed by atoms with Gasteiger partial charge in [0.1, 0.15) is 23.9 Å². The number of benzene rings is 1. The average Bonchev–Trinajstić information content (AvgIpc) is 3.29. The van der Waals surface area contributed by atoms with E-state index in [0.717, 1.165) is 46.9 Å². The molecule has 0 spiro atoms. The molecule has 35 heavy (non-hydrogen) atoms. The van der Waals surface area contributed by atoms with Gasteiger partial charge < -0.3 is 15.0 Å². The molecule has 0 unspecified atom stereocenters. The van der Waals surface area contributed by atoms with Crippen LogP contribution in [0.5, 0.6) is 5.75 Å².